The first-order valence-electron chi connectivity index (χ1n) is 6.55. The zero-order chi connectivity index (χ0) is 14.4. The van der Waals surface area contributed by atoms with Gasteiger partial charge >= 0.3 is 11.9 Å². The Balaban J connectivity index is 2.83. The summed E-state index contributed by atoms with van der Waals surface area (Å²) in [6, 6.07) is 0. The number of hydrogen-bond donors (Lipinski definition) is 0. The van der Waals surface area contributed by atoms with Gasteiger partial charge in [-0.2, -0.15) is 0 Å². The average Bonchev–Trinajstić information content (AvgIpc) is 2.38. The molecule has 0 bridgehead atoms. The third-order valence-corrected chi connectivity index (χ3v) is 3.34. The number of carbonyl (C=O) groups excluding carboxylic acids is 2. The Morgan fingerprint density at radius 2 is 1.53 bits per heavy atom. The Hall–Kier alpha value is -1.17. The summed E-state index contributed by atoms with van der Waals surface area (Å²) < 4.78 is 28.7. The smallest absolute Gasteiger partial charge is 0.309 e. The summed E-state index contributed by atoms with van der Waals surface area (Å²) >= 11 is 0. The second kappa shape index (κ2) is 7.43. The topological polar surface area (TPSA) is 61.8 Å². The number of rotatable bonds is 5. The molecule has 1 rings (SSSR count). The van der Waals surface area contributed by atoms with Gasteiger partial charge in [0.1, 0.15) is 6.17 Å². The van der Waals surface area contributed by atoms with Crippen LogP contribution in [0, 0.1) is 11.8 Å². The van der Waals surface area contributed by atoms with Crippen LogP contribution in [0.15, 0.2) is 0 Å². The van der Waals surface area contributed by atoms with Crippen LogP contribution in [0.5, 0.6) is 0 Å². The molecule has 2 unspecified atom stereocenters. The lowest BCUT2D eigenvalue weighted by Gasteiger charge is -2.34. The van der Waals surface area contributed by atoms with Crippen molar-refractivity contribution in [3.63, 3.8) is 0 Å². The van der Waals surface area contributed by atoms with Crippen LogP contribution < -0.4 is 0 Å². The fourth-order valence-electron chi connectivity index (χ4n) is 2.38. The van der Waals surface area contributed by atoms with Crippen LogP contribution in [-0.2, 0) is 23.8 Å². The maximum absolute atomic E-state index is 13.8. The van der Waals surface area contributed by atoms with Crippen molar-refractivity contribution in [3.05, 3.63) is 0 Å². The van der Waals surface area contributed by atoms with E-state index in [1.54, 1.807) is 13.8 Å². The zero-order valence-corrected chi connectivity index (χ0v) is 11.6. The van der Waals surface area contributed by atoms with Gasteiger partial charge in [-0.3, -0.25) is 9.59 Å². The summed E-state index contributed by atoms with van der Waals surface area (Å²) in [7, 11) is 1.39. The number of halogens is 1. The van der Waals surface area contributed by atoms with E-state index in [1.165, 1.54) is 7.11 Å². The van der Waals surface area contributed by atoms with Crippen LogP contribution in [-0.4, -0.2) is 44.5 Å². The molecule has 0 N–H and O–H groups in total. The summed E-state index contributed by atoms with van der Waals surface area (Å²) in [5, 5.41) is 0. The highest BCUT2D eigenvalue weighted by Crippen LogP contribution is 2.35. The fourth-order valence-corrected chi connectivity index (χ4v) is 2.38. The van der Waals surface area contributed by atoms with E-state index < -0.39 is 36.1 Å². The number of ether oxygens (including phenoxy) is 3. The van der Waals surface area contributed by atoms with E-state index in [2.05, 4.69) is 0 Å². The van der Waals surface area contributed by atoms with Gasteiger partial charge in [0.15, 0.2) is 0 Å². The lowest BCUT2D eigenvalue weighted by Crippen LogP contribution is -2.45. The van der Waals surface area contributed by atoms with E-state index in [4.69, 9.17) is 14.2 Å². The molecule has 0 spiro atoms. The second-order valence-corrected chi connectivity index (χ2v) is 4.48. The Morgan fingerprint density at radius 3 is 1.95 bits per heavy atom. The quantitative estimate of drug-likeness (QED) is 0.712. The second-order valence-electron chi connectivity index (χ2n) is 4.48. The first kappa shape index (κ1) is 15.9. The number of esters is 2. The van der Waals surface area contributed by atoms with Crippen molar-refractivity contribution in [2.75, 3.05) is 20.3 Å². The van der Waals surface area contributed by atoms with Gasteiger partial charge in [-0.25, -0.2) is 4.39 Å². The molecule has 110 valence electrons. The molecular weight excluding hydrogens is 255 g/mol. The zero-order valence-electron chi connectivity index (χ0n) is 11.6. The van der Waals surface area contributed by atoms with Crippen molar-refractivity contribution < 1.29 is 28.2 Å². The fraction of sp³-hybridized carbons (Fsp3) is 0.846. The van der Waals surface area contributed by atoms with E-state index >= 15 is 0 Å². The summed E-state index contributed by atoms with van der Waals surface area (Å²) in [5.41, 5.74) is 0. The first-order valence-corrected chi connectivity index (χ1v) is 6.55. The van der Waals surface area contributed by atoms with Crippen LogP contribution in [0.1, 0.15) is 26.7 Å². The molecule has 1 saturated carbocycles. The van der Waals surface area contributed by atoms with E-state index in [9.17, 15) is 14.0 Å². The number of carbonyl (C=O) groups is 2. The molecule has 1 aliphatic rings. The highest BCUT2D eigenvalue weighted by atomic mass is 19.1. The third kappa shape index (κ3) is 3.89. The van der Waals surface area contributed by atoms with Crippen LogP contribution >= 0.6 is 0 Å². The number of alkyl halides is 1. The molecule has 0 aromatic carbocycles. The molecule has 0 radical (unpaired) electrons. The molecule has 0 amide bonds. The van der Waals surface area contributed by atoms with Gasteiger partial charge in [0, 0.05) is 7.11 Å². The monoisotopic (exact) mass is 276 g/mol. The maximum atomic E-state index is 13.8. The predicted octanol–water partition coefficient (Wildman–Crippen LogP) is 1.49. The number of methoxy groups -OCH3 is 1. The minimum atomic E-state index is -1.27. The van der Waals surface area contributed by atoms with Gasteiger partial charge in [0.25, 0.3) is 0 Å². The minimum absolute atomic E-state index is 0.0686. The largest absolute Gasteiger partial charge is 0.466 e. The maximum Gasteiger partial charge on any atom is 0.309 e. The third-order valence-electron chi connectivity index (χ3n) is 3.34. The summed E-state index contributed by atoms with van der Waals surface area (Å²) in [5.74, 6) is -2.52. The summed E-state index contributed by atoms with van der Waals surface area (Å²) in [6.07, 6.45) is -1.88. The van der Waals surface area contributed by atoms with Crippen LogP contribution in [0.2, 0.25) is 0 Å². The molecule has 0 saturated heterocycles. The lowest BCUT2D eigenvalue weighted by molar-refractivity contribution is -0.167. The average molecular weight is 276 g/mol. The van der Waals surface area contributed by atoms with E-state index in [0.29, 0.717) is 0 Å². The first-order chi connectivity index (χ1) is 9.04. The lowest BCUT2D eigenvalue weighted by atomic mass is 9.77. The SMILES string of the molecule is CCOC(=O)C1C[C@H](F)C(OC)C[C@@H]1C(=O)OCC. The Labute approximate surface area is 112 Å². The van der Waals surface area contributed by atoms with Crippen molar-refractivity contribution in [1.82, 2.24) is 0 Å². The van der Waals surface area contributed by atoms with Crippen molar-refractivity contribution in [2.24, 2.45) is 11.8 Å². The summed E-state index contributed by atoms with van der Waals surface area (Å²) in [6.45, 7) is 3.79. The Morgan fingerprint density at radius 1 is 1.05 bits per heavy atom. The van der Waals surface area contributed by atoms with E-state index in [-0.39, 0.29) is 26.1 Å². The molecule has 0 aromatic rings. The van der Waals surface area contributed by atoms with Crippen LogP contribution in [0.3, 0.4) is 0 Å². The highest BCUT2D eigenvalue weighted by Gasteiger charge is 2.45. The van der Waals surface area contributed by atoms with Crippen LogP contribution in [0.4, 0.5) is 4.39 Å². The Kier molecular flexibility index (Phi) is 6.21. The van der Waals surface area contributed by atoms with Crippen molar-refractivity contribution >= 4 is 11.9 Å². The van der Waals surface area contributed by atoms with Gasteiger partial charge in [0.2, 0.25) is 0 Å². The minimum Gasteiger partial charge on any atom is -0.466 e. The molecule has 5 nitrogen and oxygen atoms in total. The van der Waals surface area contributed by atoms with Crippen molar-refractivity contribution in [3.8, 4) is 0 Å². The van der Waals surface area contributed by atoms with Gasteiger partial charge < -0.3 is 14.2 Å². The molecule has 6 heteroatoms. The molecular formula is C13H21FO5. The van der Waals surface area contributed by atoms with Crippen LogP contribution in [0.25, 0.3) is 0 Å². The Bertz CT molecular complexity index is 320. The van der Waals surface area contributed by atoms with E-state index in [1.807, 2.05) is 0 Å². The normalized spacial score (nSPS) is 30.7. The van der Waals surface area contributed by atoms with Gasteiger partial charge in [0.05, 0.1) is 31.2 Å². The molecule has 0 aromatic heterocycles. The molecule has 0 heterocycles. The van der Waals surface area contributed by atoms with Gasteiger partial charge in [-0.1, -0.05) is 0 Å². The summed E-state index contributed by atoms with van der Waals surface area (Å²) in [4.78, 5) is 23.7. The van der Waals surface area contributed by atoms with Gasteiger partial charge in [-0.05, 0) is 26.7 Å². The molecule has 1 aliphatic carbocycles. The van der Waals surface area contributed by atoms with Crippen molar-refractivity contribution in [2.45, 2.75) is 39.0 Å². The molecule has 4 atom stereocenters. The number of hydrogen-bond acceptors (Lipinski definition) is 5. The molecule has 19 heavy (non-hydrogen) atoms. The predicted molar refractivity (Wildman–Crippen MR) is 65.2 cm³/mol. The molecule has 1 fully saturated rings. The standard InChI is InChI=1S/C13H21FO5/c1-4-18-12(15)8-6-10(14)11(17-3)7-9(8)13(16)19-5-2/h8-11H,4-7H2,1-3H3/t8?,9-,10-,11?/m0/s1. The highest BCUT2D eigenvalue weighted by molar-refractivity contribution is 5.82. The molecule has 0 aliphatic heterocycles. The van der Waals surface area contributed by atoms with E-state index in [0.717, 1.165) is 0 Å². The van der Waals surface area contributed by atoms with Crippen molar-refractivity contribution in [1.29, 1.82) is 0 Å². The van der Waals surface area contributed by atoms with Gasteiger partial charge in [-0.15, -0.1) is 0 Å².